The molecule has 4 fully saturated rings. The molecule has 6 aliphatic carbocycles. The van der Waals surface area contributed by atoms with Crippen molar-refractivity contribution >= 4 is 29.2 Å². The molecule has 62 heavy (non-hydrogen) atoms. The molecule has 15 heteroatoms. The van der Waals surface area contributed by atoms with Gasteiger partial charge in [0.1, 0.15) is 41.7 Å². The Morgan fingerprint density at radius 1 is 0.952 bits per heavy atom. The maximum atomic E-state index is 14.1. The first-order valence-electron chi connectivity index (χ1n) is 21.9. The highest BCUT2D eigenvalue weighted by atomic mass is 16.7. The number of carbonyl (C=O) groups is 5. The molecule has 15 nitrogen and oxygen atoms in total. The van der Waals surface area contributed by atoms with E-state index in [2.05, 4.69) is 19.2 Å². The first kappa shape index (κ1) is 42.6. The average Bonchev–Trinajstić information content (AvgIpc) is 3.57. The maximum Gasteiger partial charge on any atom is 0.407 e. The monoisotopic (exact) mass is 857 g/mol. The van der Waals surface area contributed by atoms with Gasteiger partial charge in [-0.3, -0.25) is 19.2 Å². The predicted molar refractivity (Wildman–Crippen MR) is 218 cm³/mol. The molecule has 2 aromatic carbocycles. The van der Waals surface area contributed by atoms with Crippen LogP contribution in [0.3, 0.4) is 0 Å². The van der Waals surface area contributed by atoms with E-state index in [0.717, 1.165) is 38.5 Å². The molecule has 0 unspecified atom stereocenters. The number of carbonyl (C=O) groups excluding carboxylic acids is 5. The number of hydrogen-bond acceptors (Lipinski definition) is 14. The lowest BCUT2D eigenvalue weighted by Gasteiger charge is -2.57. The molecular formula is C47H55NO14. The van der Waals surface area contributed by atoms with E-state index in [1.165, 1.54) is 30.9 Å². The molecule has 1 saturated heterocycles. The third kappa shape index (κ3) is 6.43. The number of amides is 1. The van der Waals surface area contributed by atoms with Crippen molar-refractivity contribution in [2.75, 3.05) is 13.7 Å². The molecule has 332 valence electrons. The van der Waals surface area contributed by atoms with Gasteiger partial charge in [0.05, 0.1) is 42.0 Å². The highest BCUT2D eigenvalue weighted by Gasteiger charge is 2.60. The van der Waals surface area contributed by atoms with Gasteiger partial charge in [-0.15, -0.1) is 0 Å². The van der Waals surface area contributed by atoms with Crippen LogP contribution in [-0.4, -0.2) is 105 Å². The summed E-state index contributed by atoms with van der Waals surface area (Å²) in [5.41, 5.74) is -2.89. The van der Waals surface area contributed by atoms with Gasteiger partial charge in [0.15, 0.2) is 23.6 Å². The molecule has 3 saturated carbocycles. The minimum absolute atomic E-state index is 0.0189. The van der Waals surface area contributed by atoms with Gasteiger partial charge in [-0.1, -0.05) is 31.6 Å². The third-order valence-corrected chi connectivity index (χ3v) is 16.2. The van der Waals surface area contributed by atoms with Gasteiger partial charge in [0, 0.05) is 47.8 Å². The Morgan fingerprint density at radius 2 is 1.71 bits per heavy atom. The molecule has 0 bridgehead atoms. The minimum atomic E-state index is -2.34. The number of rotatable bonds is 7. The Kier molecular flexibility index (Phi) is 10.5. The van der Waals surface area contributed by atoms with Crippen molar-refractivity contribution in [3.8, 4) is 17.2 Å². The van der Waals surface area contributed by atoms with Gasteiger partial charge in [-0.05, 0) is 87.2 Å². The highest BCUT2D eigenvalue weighted by molar-refractivity contribution is 6.31. The van der Waals surface area contributed by atoms with E-state index in [4.69, 9.17) is 18.9 Å². The smallest absolute Gasteiger partial charge is 0.407 e. The van der Waals surface area contributed by atoms with Crippen LogP contribution in [0.5, 0.6) is 17.2 Å². The number of ether oxygens (including phenoxy) is 4. The fraction of sp³-hybridized carbons (Fsp3) is 0.596. The molecule has 6 N–H and O–H groups in total. The molecule has 9 rings (SSSR count). The van der Waals surface area contributed by atoms with Crippen molar-refractivity contribution < 1.29 is 68.5 Å². The van der Waals surface area contributed by atoms with E-state index in [1.807, 2.05) is 6.08 Å². The van der Waals surface area contributed by atoms with Gasteiger partial charge in [-0.25, -0.2) is 4.79 Å². The maximum absolute atomic E-state index is 14.1. The number of phenols is 2. The normalized spacial score (nSPS) is 37.1. The number of aromatic hydroxyl groups is 2. The second kappa shape index (κ2) is 15.3. The summed E-state index contributed by atoms with van der Waals surface area (Å²) in [4.78, 5) is 67.0. The fourth-order valence-electron chi connectivity index (χ4n) is 12.9. The molecule has 2 aromatic rings. The minimum Gasteiger partial charge on any atom is -0.507 e. The van der Waals surface area contributed by atoms with Crippen LogP contribution in [0.25, 0.3) is 0 Å². The standard InChI is InChI=1S/C47H55NO14/c1-21-39(52)29(48-44(57)62-33-11-10-27-24-9-8-22-16-23(50)12-14-45(22,2)28(24)13-15-46(27,33)3)17-34(60-21)61-31-19-47(58,32(51)20-49)18-26-36(31)43(56)38-37(41(26)54)40(53)25-6-5-7-30(59-4)35(25)42(38)55/h5-7,16,21,24,27-29,31,33-34,39,49,52,54,56,58H,8-15,17-20H2,1-4H3,(H,48,57)/t21-,24-,27-,28-,29-,31-,33-,34-,39+,45-,46-,47-/m0/s1. The zero-order valence-corrected chi connectivity index (χ0v) is 35.4. The number of phenolic OH excluding ortho intramolecular Hbond substituents is 2. The van der Waals surface area contributed by atoms with Gasteiger partial charge in [0.25, 0.3) is 0 Å². The van der Waals surface area contributed by atoms with E-state index >= 15 is 0 Å². The Balaban J connectivity index is 0.947. The molecule has 0 radical (unpaired) electrons. The molecule has 1 aliphatic heterocycles. The summed E-state index contributed by atoms with van der Waals surface area (Å²) in [5.74, 6) is -2.46. The second-order valence-electron chi connectivity index (χ2n) is 19.2. The summed E-state index contributed by atoms with van der Waals surface area (Å²) in [6.45, 7) is 5.06. The van der Waals surface area contributed by atoms with Crippen LogP contribution >= 0.6 is 0 Å². The first-order chi connectivity index (χ1) is 29.4. The van der Waals surface area contributed by atoms with Gasteiger partial charge in [-0.2, -0.15) is 0 Å². The topological polar surface area (TPSA) is 235 Å². The van der Waals surface area contributed by atoms with E-state index < -0.39 is 102 Å². The zero-order valence-electron chi connectivity index (χ0n) is 35.4. The van der Waals surface area contributed by atoms with Crippen LogP contribution < -0.4 is 10.1 Å². The molecule has 7 aliphatic rings. The van der Waals surface area contributed by atoms with Gasteiger partial charge in [0.2, 0.25) is 5.78 Å². The van der Waals surface area contributed by atoms with Crippen LogP contribution in [0.4, 0.5) is 4.79 Å². The van der Waals surface area contributed by atoms with Crippen LogP contribution in [0.15, 0.2) is 29.8 Å². The number of allylic oxidation sites excluding steroid dienone is 1. The lowest BCUT2D eigenvalue weighted by atomic mass is 9.47. The number of alkyl carbamates (subject to hydrolysis) is 1. The number of aliphatic hydroxyl groups is 3. The Bertz CT molecular complexity index is 2300. The highest BCUT2D eigenvalue weighted by Crippen LogP contribution is 2.66. The van der Waals surface area contributed by atoms with E-state index in [1.54, 1.807) is 6.92 Å². The van der Waals surface area contributed by atoms with E-state index in [9.17, 15) is 49.5 Å². The number of Topliss-reactive ketones (excluding diaryl/α,β-unsaturated/α-hetero) is 1. The summed E-state index contributed by atoms with van der Waals surface area (Å²) in [7, 11) is 1.32. The van der Waals surface area contributed by atoms with Crippen LogP contribution in [-0.2, 0) is 30.2 Å². The summed E-state index contributed by atoms with van der Waals surface area (Å²) in [5, 5.41) is 59.2. The molecule has 0 aromatic heterocycles. The van der Waals surface area contributed by atoms with Crippen molar-refractivity contribution in [3.05, 3.63) is 63.2 Å². The largest absolute Gasteiger partial charge is 0.507 e. The number of ketones is 4. The summed E-state index contributed by atoms with van der Waals surface area (Å²) < 4.78 is 24.0. The molecule has 1 amide bonds. The summed E-state index contributed by atoms with van der Waals surface area (Å²) in [6.07, 6.45) is 1.58. The number of methoxy groups -OCH3 is 1. The van der Waals surface area contributed by atoms with Crippen molar-refractivity contribution in [1.29, 1.82) is 0 Å². The SMILES string of the molecule is COc1cccc2c1C(=O)c1c(O)c3c(c(O)c1C2=O)C[C@@](O)(C(=O)CO)C[C@@H]3O[C@H]1C[C@H](NC(=O)O[C@H]2CC[C@H]3[C@@H]4CCC5=CC(=O)CC[C@]5(C)[C@H]4CC[C@]23C)[C@H](O)[C@H](C)O1. The number of nitrogens with one attached hydrogen (secondary N) is 1. The van der Waals surface area contributed by atoms with Crippen molar-refractivity contribution in [3.63, 3.8) is 0 Å². The van der Waals surface area contributed by atoms with Crippen LogP contribution in [0.1, 0.15) is 134 Å². The predicted octanol–water partition coefficient (Wildman–Crippen LogP) is 4.67. The van der Waals surface area contributed by atoms with Crippen LogP contribution in [0.2, 0.25) is 0 Å². The second-order valence-corrected chi connectivity index (χ2v) is 19.2. The fourth-order valence-corrected chi connectivity index (χ4v) is 12.9. The average molecular weight is 858 g/mol. The Morgan fingerprint density at radius 3 is 2.45 bits per heavy atom. The summed E-state index contributed by atoms with van der Waals surface area (Å²) in [6, 6.07) is 3.40. The number of fused-ring (bicyclic) bond motifs is 8. The molecule has 12 atom stereocenters. The quantitative estimate of drug-likeness (QED) is 0.177. The first-order valence-corrected chi connectivity index (χ1v) is 21.9. The number of aliphatic hydroxyl groups excluding tert-OH is 2. The van der Waals surface area contributed by atoms with Crippen molar-refractivity contribution in [1.82, 2.24) is 5.32 Å². The van der Waals surface area contributed by atoms with Crippen molar-refractivity contribution in [2.45, 2.75) is 134 Å². The van der Waals surface area contributed by atoms with Crippen molar-refractivity contribution in [2.24, 2.45) is 28.6 Å². The Labute approximate surface area is 358 Å². The van der Waals surface area contributed by atoms with E-state index in [0.29, 0.717) is 30.6 Å². The number of hydrogen-bond donors (Lipinski definition) is 6. The lowest BCUT2D eigenvalue weighted by Crippen LogP contribution is -2.56. The van der Waals surface area contributed by atoms with Crippen LogP contribution in [0, 0.1) is 28.6 Å². The molecular weight excluding hydrogens is 803 g/mol. The number of benzene rings is 2. The Hall–Kier alpha value is -4.67. The van der Waals surface area contributed by atoms with E-state index in [-0.39, 0.29) is 57.1 Å². The lowest BCUT2D eigenvalue weighted by molar-refractivity contribution is -0.249. The molecule has 1 heterocycles. The van der Waals surface area contributed by atoms with Gasteiger partial charge >= 0.3 is 6.09 Å². The zero-order chi connectivity index (χ0) is 44.2. The molecule has 0 spiro atoms. The third-order valence-electron chi connectivity index (χ3n) is 16.2. The van der Waals surface area contributed by atoms with Gasteiger partial charge < -0.3 is 49.8 Å². The summed E-state index contributed by atoms with van der Waals surface area (Å²) >= 11 is 0.